The molecule has 8 nitrogen and oxygen atoms in total. The summed E-state index contributed by atoms with van der Waals surface area (Å²) in [7, 11) is 0. The lowest BCUT2D eigenvalue weighted by Gasteiger charge is -2.10. The van der Waals surface area contributed by atoms with Gasteiger partial charge in [0.15, 0.2) is 0 Å². The number of thioether (sulfide) groups is 1. The van der Waals surface area contributed by atoms with Crippen molar-refractivity contribution in [2.75, 3.05) is 10.6 Å². The highest BCUT2D eigenvalue weighted by Crippen LogP contribution is 2.37. The molecule has 0 fully saturated rings. The van der Waals surface area contributed by atoms with Crippen LogP contribution in [0.5, 0.6) is 11.6 Å². The molecule has 5 aromatic rings. The summed E-state index contributed by atoms with van der Waals surface area (Å²) >= 11 is 0.932. The van der Waals surface area contributed by atoms with E-state index in [1.54, 1.807) is 19.2 Å². The van der Waals surface area contributed by atoms with Gasteiger partial charge in [-0.15, -0.1) is 0 Å². The number of para-hydroxylation sites is 2. The van der Waals surface area contributed by atoms with Gasteiger partial charge in [0.25, 0.3) is 5.91 Å². The van der Waals surface area contributed by atoms with Gasteiger partial charge in [-0.25, -0.2) is 9.97 Å². The number of ether oxygens (including phenoxy) is 1. The quantitative estimate of drug-likeness (QED) is 0.204. The van der Waals surface area contributed by atoms with Crippen LogP contribution in [0.3, 0.4) is 0 Å². The second-order valence-corrected chi connectivity index (χ2v) is 9.71. The molecule has 192 valence electrons. The number of anilines is 3. The van der Waals surface area contributed by atoms with Crippen molar-refractivity contribution in [2.45, 2.75) is 17.3 Å². The highest BCUT2D eigenvalue weighted by molar-refractivity contribution is 8.00. The zero-order valence-electron chi connectivity index (χ0n) is 19.5. The van der Waals surface area contributed by atoms with E-state index in [0.29, 0.717) is 39.0 Å². The monoisotopic (exact) mass is 554 g/mol. The smallest absolute Gasteiger partial charge is 0.439 e. The number of amides is 1. The van der Waals surface area contributed by atoms with Crippen LogP contribution in [0.1, 0.15) is 16.1 Å². The van der Waals surface area contributed by atoms with Gasteiger partial charge >= 0.3 is 5.51 Å². The van der Waals surface area contributed by atoms with Crippen LogP contribution in [-0.4, -0.2) is 30.7 Å². The van der Waals surface area contributed by atoms with Crippen molar-refractivity contribution < 1.29 is 22.7 Å². The number of pyridine rings is 1. The van der Waals surface area contributed by atoms with E-state index in [2.05, 4.69) is 30.0 Å². The predicted octanol–water partition coefficient (Wildman–Crippen LogP) is 7.19. The molecule has 0 atom stereocenters. The molecule has 0 radical (unpaired) electrons. The molecule has 3 heterocycles. The number of halogens is 3. The van der Waals surface area contributed by atoms with Gasteiger partial charge in [-0.3, -0.25) is 9.78 Å². The van der Waals surface area contributed by atoms with Gasteiger partial charge < -0.3 is 15.4 Å². The topological polar surface area (TPSA) is 102 Å². The average molecular weight is 555 g/mol. The molecule has 0 aliphatic carbocycles. The minimum absolute atomic E-state index is 0.0515. The fourth-order valence-electron chi connectivity index (χ4n) is 3.39. The Hall–Kier alpha value is -4.23. The van der Waals surface area contributed by atoms with Crippen molar-refractivity contribution in [1.82, 2.24) is 19.3 Å². The van der Waals surface area contributed by atoms with Crippen molar-refractivity contribution in [2.24, 2.45) is 0 Å². The zero-order chi connectivity index (χ0) is 26.7. The summed E-state index contributed by atoms with van der Waals surface area (Å²) in [6, 6.07) is 16.1. The second-order valence-electron chi connectivity index (χ2n) is 7.80. The highest BCUT2D eigenvalue weighted by atomic mass is 32.2. The SMILES string of the molecule is Cc1nsc(Nc2cnc3ccccc3n2)c1C(=O)Nc1ccc(Oc2ccc(SC(F)(F)F)cc2)nc1. The number of hydrogen-bond donors (Lipinski definition) is 2. The van der Waals surface area contributed by atoms with Crippen molar-refractivity contribution in [3.63, 3.8) is 0 Å². The second kappa shape index (κ2) is 10.6. The first kappa shape index (κ1) is 25.4. The molecule has 13 heteroatoms. The molecule has 0 bridgehead atoms. The Bertz CT molecular complexity index is 1590. The number of nitrogens with zero attached hydrogens (tertiary/aromatic N) is 4. The maximum absolute atomic E-state index is 13.1. The number of benzene rings is 2. The van der Waals surface area contributed by atoms with E-state index < -0.39 is 5.51 Å². The summed E-state index contributed by atoms with van der Waals surface area (Å²) < 4.78 is 47.3. The van der Waals surface area contributed by atoms with Gasteiger partial charge in [0.1, 0.15) is 16.6 Å². The Morgan fingerprint density at radius 3 is 2.45 bits per heavy atom. The Kier molecular flexibility index (Phi) is 7.11. The van der Waals surface area contributed by atoms with Crippen LogP contribution in [0.15, 0.2) is 78.0 Å². The minimum atomic E-state index is -4.36. The van der Waals surface area contributed by atoms with E-state index >= 15 is 0 Å². The van der Waals surface area contributed by atoms with Crippen LogP contribution in [0.25, 0.3) is 11.0 Å². The van der Waals surface area contributed by atoms with E-state index in [1.807, 2.05) is 24.3 Å². The van der Waals surface area contributed by atoms with E-state index in [9.17, 15) is 18.0 Å². The molecule has 0 unspecified atom stereocenters. The zero-order valence-corrected chi connectivity index (χ0v) is 21.1. The van der Waals surface area contributed by atoms with Crippen LogP contribution in [0.2, 0.25) is 0 Å². The number of alkyl halides is 3. The fraction of sp³-hybridized carbons (Fsp3) is 0.0800. The fourth-order valence-corrected chi connectivity index (χ4v) is 4.74. The maximum atomic E-state index is 13.1. The van der Waals surface area contributed by atoms with Gasteiger partial charge in [0.2, 0.25) is 5.88 Å². The molecule has 3 aromatic heterocycles. The molecule has 0 saturated carbocycles. The average Bonchev–Trinajstić information content (AvgIpc) is 3.25. The number of carbonyl (C=O) groups excluding carboxylic acids is 1. The van der Waals surface area contributed by atoms with Gasteiger partial charge in [-0.2, -0.15) is 17.5 Å². The third kappa shape index (κ3) is 6.18. The van der Waals surface area contributed by atoms with Gasteiger partial charge in [0, 0.05) is 11.0 Å². The largest absolute Gasteiger partial charge is 0.446 e. The molecule has 0 saturated heterocycles. The number of nitrogens with one attached hydrogen (secondary N) is 2. The standard InChI is InChI=1S/C25H17F3N6O2S2/c1-14-22(24(38-34-14)33-20-13-29-18-4-2-3-5-19(18)32-20)23(35)31-15-6-11-21(30-12-15)36-16-7-9-17(10-8-16)37-25(26,27)28/h2-13H,1H3,(H,31,35)(H,32,33). The van der Waals surface area contributed by atoms with Crippen LogP contribution >= 0.6 is 23.3 Å². The highest BCUT2D eigenvalue weighted by Gasteiger charge is 2.29. The molecule has 2 N–H and O–H groups in total. The molecule has 38 heavy (non-hydrogen) atoms. The number of fused-ring (bicyclic) bond motifs is 1. The summed E-state index contributed by atoms with van der Waals surface area (Å²) in [5.41, 5.74) is -1.56. The summed E-state index contributed by atoms with van der Waals surface area (Å²) in [6.07, 6.45) is 3.00. The summed E-state index contributed by atoms with van der Waals surface area (Å²) in [5.74, 6) is 0.633. The first-order chi connectivity index (χ1) is 18.2. The van der Waals surface area contributed by atoms with E-state index in [1.165, 1.54) is 36.5 Å². The van der Waals surface area contributed by atoms with Gasteiger partial charge in [-0.1, -0.05) is 12.1 Å². The number of hydrogen-bond acceptors (Lipinski definition) is 9. The van der Waals surface area contributed by atoms with Gasteiger partial charge in [-0.05, 0) is 72.7 Å². The molecule has 1 amide bonds. The molecule has 0 aliphatic heterocycles. The van der Waals surface area contributed by atoms with Crippen LogP contribution in [-0.2, 0) is 0 Å². The van der Waals surface area contributed by atoms with Crippen molar-refractivity contribution >= 4 is 56.7 Å². The van der Waals surface area contributed by atoms with Crippen molar-refractivity contribution in [3.8, 4) is 11.6 Å². The van der Waals surface area contributed by atoms with E-state index in [4.69, 9.17) is 4.74 Å². The first-order valence-corrected chi connectivity index (χ1v) is 12.6. The molecule has 0 aliphatic rings. The number of aryl methyl sites for hydroxylation is 1. The number of carbonyl (C=O) groups is 1. The van der Waals surface area contributed by atoms with Crippen LogP contribution in [0.4, 0.5) is 29.7 Å². The summed E-state index contributed by atoms with van der Waals surface area (Å²) in [4.78, 5) is 26.2. The van der Waals surface area contributed by atoms with Crippen LogP contribution < -0.4 is 15.4 Å². The predicted molar refractivity (Wildman–Crippen MR) is 140 cm³/mol. The summed E-state index contributed by atoms with van der Waals surface area (Å²) in [6.45, 7) is 1.73. The Morgan fingerprint density at radius 2 is 1.74 bits per heavy atom. The van der Waals surface area contributed by atoms with Crippen molar-refractivity contribution in [1.29, 1.82) is 0 Å². The Balaban J connectivity index is 1.24. The van der Waals surface area contributed by atoms with E-state index in [-0.39, 0.29) is 28.4 Å². The molecule has 5 rings (SSSR count). The molecule has 0 spiro atoms. The maximum Gasteiger partial charge on any atom is 0.446 e. The lowest BCUT2D eigenvalue weighted by Crippen LogP contribution is -2.14. The van der Waals surface area contributed by atoms with E-state index in [0.717, 1.165) is 17.0 Å². The van der Waals surface area contributed by atoms with Crippen LogP contribution in [0, 0.1) is 6.92 Å². The lowest BCUT2D eigenvalue weighted by molar-refractivity contribution is -0.0328. The number of rotatable bonds is 7. The number of aromatic nitrogens is 4. The minimum Gasteiger partial charge on any atom is -0.439 e. The van der Waals surface area contributed by atoms with Gasteiger partial charge in [0.05, 0.1) is 40.4 Å². The molecule has 2 aromatic carbocycles. The Labute approximate surface area is 222 Å². The first-order valence-electron chi connectivity index (χ1n) is 11.0. The Morgan fingerprint density at radius 1 is 0.974 bits per heavy atom. The molecular formula is C25H17F3N6O2S2. The normalized spacial score (nSPS) is 11.4. The summed E-state index contributed by atoms with van der Waals surface area (Å²) in [5, 5.41) is 6.43. The van der Waals surface area contributed by atoms with Crippen molar-refractivity contribution in [3.05, 3.63) is 84.3 Å². The lowest BCUT2D eigenvalue weighted by atomic mass is 10.2. The molecular weight excluding hydrogens is 537 g/mol. The third-order valence-corrected chi connectivity index (χ3v) is 6.65. The third-order valence-electron chi connectivity index (χ3n) is 5.05.